The maximum atomic E-state index is 12.5. The fraction of sp³-hybridized carbons (Fsp3) is 0.429. The summed E-state index contributed by atoms with van der Waals surface area (Å²) in [5.41, 5.74) is 0.945. The largest absolute Gasteiger partial charge is 0.491 e. The van der Waals surface area contributed by atoms with E-state index in [0.717, 1.165) is 28.4 Å². The lowest BCUT2D eigenvalue weighted by atomic mass is 10.2. The Balaban J connectivity index is 1.39. The maximum Gasteiger partial charge on any atom is 0.264 e. The van der Waals surface area contributed by atoms with E-state index in [1.54, 1.807) is 0 Å². The summed E-state index contributed by atoms with van der Waals surface area (Å²) in [6.07, 6.45) is -0.218. The fourth-order valence-electron chi connectivity index (χ4n) is 3.18. The predicted octanol–water partition coefficient (Wildman–Crippen LogP) is 2.32. The van der Waals surface area contributed by atoms with E-state index in [2.05, 4.69) is 11.0 Å². The van der Waals surface area contributed by atoms with Crippen molar-refractivity contribution in [2.45, 2.75) is 19.4 Å². The molecule has 1 aromatic carbocycles. The van der Waals surface area contributed by atoms with E-state index in [1.165, 1.54) is 11.3 Å². The van der Waals surface area contributed by atoms with Crippen LogP contribution in [0.15, 0.2) is 36.4 Å². The van der Waals surface area contributed by atoms with Crippen LogP contribution in [-0.4, -0.2) is 66.2 Å². The SMILES string of the molecule is Cc1ccc(C(=O)N2CCN(C[C@H](O)COc3ccc(CC#N)cc3)CC2)s1. The van der Waals surface area contributed by atoms with Crippen molar-refractivity contribution in [2.24, 2.45) is 0 Å². The maximum absolute atomic E-state index is 12.5. The molecule has 1 aliphatic rings. The van der Waals surface area contributed by atoms with E-state index < -0.39 is 6.10 Å². The number of rotatable bonds is 7. The van der Waals surface area contributed by atoms with Crippen molar-refractivity contribution in [1.29, 1.82) is 5.26 Å². The van der Waals surface area contributed by atoms with Gasteiger partial charge in [0.1, 0.15) is 18.5 Å². The van der Waals surface area contributed by atoms with Crippen LogP contribution in [0.1, 0.15) is 20.1 Å². The van der Waals surface area contributed by atoms with Gasteiger partial charge in [0.05, 0.1) is 17.4 Å². The number of nitrogens with zero attached hydrogens (tertiary/aromatic N) is 3. The minimum absolute atomic E-state index is 0.0986. The summed E-state index contributed by atoms with van der Waals surface area (Å²) in [5, 5.41) is 19.0. The van der Waals surface area contributed by atoms with Gasteiger partial charge in [-0.05, 0) is 36.8 Å². The zero-order chi connectivity index (χ0) is 19.9. The number of benzene rings is 1. The molecule has 0 saturated carbocycles. The van der Waals surface area contributed by atoms with Gasteiger partial charge in [0.25, 0.3) is 5.91 Å². The number of aryl methyl sites for hydroxylation is 1. The van der Waals surface area contributed by atoms with Crippen molar-refractivity contribution in [3.63, 3.8) is 0 Å². The highest BCUT2D eigenvalue weighted by Crippen LogP contribution is 2.18. The lowest BCUT2D eigenvalue weighted by molar-refractivity contribution is 0.0406. The molecule has 3 rings (SSSR count). The Labute approximate surface area is 169 Å². The van der Waals surface area contributed by atoms with E-state index in [0.29, 0.717) is 31.8 Å². The van der Waals surface area contributed by atoms with Gasteiger partial charge in [-0.1, -0.05) is 12.1 Å². The van der Waals surface area contributed by atoms with Crippen LogP contribution in [0.2, 0.25) is 0 Å². The monoisotopic (exact) mass is 399 g/mol. The number of nitriles is 1. The Bertz CT molecular complexity index is 820. The summed E-state index contributed by atoms with van der Waals surface area (Å²) in [6.45, 7) is 5.57. The molecule has 0 radical (unpaired) electrons. The average molecular weight is 400 g/mol. The zero-order valence-corrected chi connectivity index (χ0v) is 16.8. The number of piperazine rings is 1. The van der Waals surface area contributed by atoms with E-state index in [9.17, 15) is 9.90 Å². The molecule has 1 fully saturated rings. The molecule has 1 aromatic heterocycles. The van der Waals surface area contributed by atoms with Gasteiger partial charge < -0.3 is 14.7 Å². The highest BCUT2D eigenvalue weighted by molar-refractivity contribution is 7.13. The van der Waals surface area contributed by atoms with Crippen LogP contribution >= 0.6 is 11.3 Å². The van der Waals surface area contributed by atoms with E-state index in [-0.39, 0.29) is 12.5 Å². The first-order valence-corrected chi connectivity index (χ1v) is 10.2. The highest BCUT2D eigenvalue weighted by Gasteiger charge is 2.24. The third kappa shape index (κ3) is 5.55. The fourth-order valence-corrected chi connectivity index (χ4v) is 4.01. The summed E-state index contributed by atoms with van der Waals surface area (Å²) < 4.78 is 5.64. The molecule has 6 nitrogen and oxygen atoms in total. The number of aliphatic hydroxyl groups is 1. The third-order valence-corrected chi connectivity index (χ3v) is 5.72. The molecule has 28 heavy (non-hydrogen) atoms. The normalized spacial score (nSPS) is 15.8. The number of carbonyl (C=O) groups is 1. The Kier molecular flexibility index (Phi) is 7.04. The van der Waals surface area contributed by atoms with Gasteiger partial charge in [-0.15, -0.1) is 11.3 Å². The van der Waals surface area contributed by atoms with E-state index in [1.807, 2.05) is 48.2 Å². The van der Waals surface area contributed by atoms with Gasteiger partial charge in [0, 0.05) is 37.6 Å². The molecule has 1 saturated heterocycles. The topological polar surface area (TPSA) is 76.8 Å². The van der Waals surface area contributed by atoms with Gasteiger partial charge in [-0.2, -0.15) is 5.26 Å². The lowest BCUT2D eigenvalue weighted by Crippen LogP contribution is -2.50. The molecule has 2 aromatic rings. The standard InChI is InChI=1S/C21H25N3O3S/c1-16-2-7-20(28-16)21(26)24-12-10-23(11-13-24)14-18(25)15-27-19-5-3-17(4-6-19)8-9-22/h2-7,18,25H,8,10-15H2,1H3/t18-/m0/s1. The van der Waals surface area contributed by atoms with Crippen LogP contribution in [0.3, 0.4) is 0 Å². The van der Waals surface area contributed by atoms with Gasteiger partial charge in [-0.3, -0.25) is 9.69 Å². The molecule has 2 heterocycles. The van der Waals surface area contributed by atoms with Gasteiger partial charge in [-0.25, -0.2) is 0 Å². The third-order valence-electron chi connectivity index (χ3n) is 4.73. The second-order valence-electron chi connectivity index (χ2n) is 6.95. The van der Waals surface area contributed by atoms with Crippen molar-refractivity contribution in [1.82, 2.24) is 9.80 Å². The van der Waals surface area contributed by atoms with Gasteiger partial charge >= 0.3 is 0 Å². The van der Waals surface area contributed by atoms with Crippen LogP contribution in [0.4, 0.5) is 0 Å². The molecular formula is C21H25N3O3S. The zero-order valence-electron chi connectivity index (χ0n) is 16.0. The van der Waals surface area contributed by atoms with Crippen molar-refractivity contribution in [2.75, 3.05) is 39.3 Å². The van der Waals surface area contributed by atoms with Crippen LogP contribution in [0, 0.1) is 18.3 Å². The Hall–Kier alpha value is -2.40. The van der Waals surface area contributed by atoms with Crippen molar-refractivity contribution in [3.8, 4) is 11.8 Å². The number of hydrogen-bond acceptors (Lipinski definition) is 6. The lowest BCUT2D eigenvalue weighted by Gasteiger charge is -2.35. The first-order chi connectivity index (χ1) is 13.5. The van der Waals surface area contributed by atoms with E-state index >= 15 is 0 Å². The quantitative estimate of drug-likeness (QED) is 0.773. The molecule has 1 N–H and O–H groups in total. The number of amides is 1. The molecule has 7 heteroatoms. The van der Waals surface area contributed by atoms with Crippen molar-refractivity contribution >= 4 is 17.2 Å². The van der Waals surface area contributed by atoms with Crippen molar-refractivity contribution in [3.05, 3.63) is 51.7 Å². The molecule has 1 atom stereocenters. The smallest absolute Gasteiger partial charge is 0.264 e. The molecule has 1 aliphatic heterocycles. The summed E-state index contributed by atoms with van der Waals surface area (Å²) in [4.78, 5) is 18.5. The number of β-amino-alcohol motifs (C(OH)–C–C–N with tert-alkyl or cyclic N) is 1. The molecule has 148 valence electrons. The summed E-state index contributed by atoms with van der Waals surface area (Å²) in [6, 6.07) is 13.3. The Morgan fingerprint density at radius 3 is 2.54 bits per heavy atom. The first kappa shape index (κ1) is 20.3. The second-order valence-corrected chi connectivity index (χ2v) is 8.23. The number of aliphatic hydroxyl groups excluding tert-OH is 1. The Morgan fingerprint density at radius 1 is 1.21 bits per heavy atom. The number of ether oxygens (including phenoxy) is 1. The van der Waals surface area contributed by atoms with Crippen LogP contribution < -0.4 is 4.74 Å². The van der Waals surface area contributed by atoms with Crippen LogP contribution in [0.25, 0.3) is 0 Å². The summed E-state index contributed by atoms with van der Waals surface area (Å²) >= 11 is 1.53. The second kappa shape index (κ2) is 9.69. The summed E-state index contributed by atoms with van der Waals surface area (Å²) in [5.74, 6) is 0.781. The average Bonchev–Trinajstić information content (AvgIpc) is 3.14. The predicted molar refractivity (Wildman–Crippen MR) is 109 cm³/mol. The first-order valence-electron chi connectivity index (χ1n) is 9.40. The van der Waals surface area contributed by atoms with Crippen molar-refractivity contribution < 1.29 is 14.6 Å². The highest BCUT2D eigenvalue weighted by atomic mass is 32.1. The molecule has 0 spiro atoms. The number of carbonyl (C=O) groups excluding carboxylic acids is 1. The minimum atomic E-state index is -0.596. The van der Waals surface area contributed by atoms with Crippen LogP contribution in [-0.2, 0) is 6.42 Å². The van der Waals surface area contributed by atoms with Gasteiger partial charge in [0.2, 0.25) is 0 Å². The molecule has 0 bridgehead atoms. The van der Waals surface area contributed by atoms with E-state index in [4.69, 9.17) is 10.00 Å². The van der Waals surface area contributed by atoms with Crippen LogP contribution in [0.5, 0.6) is 5.75 Å². The molecule has 1 amide bonds. The molecule has 0 unspecified atom stereocenters. The van der Waals surface area contributed by atoms with Gasteiger partial charge in [0.15, 0.2) is 0 Å². The molecular weight excluding hydrogens is 374 g/mol. The number of thiophene rings is 1. The Morgan fingerprint density at radius 2 is 1.93 bits per heavy atom. The minimum Gasteiger partial charge on any atom is -0.491 e. The molecule has 0 aliphatic carbocycles. The number of hydrogen-bond donors (Lipinski definition) is 1. The summed E-state index contributed by atoms with van der Waals surface area (Å²) in [7, 11) is 0.